The van der Waals surface area contributed by atoms with E-state index in [-0.39, 0.29) is 5.91 Å². The Hall–Kier alpha value is -1.46. The summed E-state index contributed by atoms with van der Waals surface area (Å²) in [6.45, 7) is 1.79. The van der Waals surface area contributed by atoms with E-state index in [0.29, 0.717) is 34.5 Å². The van der Waals surface area contributed by atoms with Gasteiger partial charge in [0.05, 0.1) is 24.9 Å². The summed E-state index contributed by atoms with van der Waals surface area (Å²) in [6.07, 6.45) is 0.500. The van der Waals surface area contributed by atoms with Gasteiger partial charge in [-0.1, -0.05) is 11.6 Å². The predicted molar refractivity (Wildman–Crippen MR) is 74.2 cm³/mol. The van der Waals surface area contributed by atoms with Crippen LogP contribution in [-0.4, -0.2) is 33.2 Å². The molecule has 1 aromatic rings. The Kier molecular flexibility index (Phi) is 4.50. The number of carbonyl (C=O) groups is 1. The molecule has 0 bridgehead atoms. The molecule has 0 spiro atoms. The van der Waals surface area contributed by atoms with E-state index < -0.39 is 0 Å². The summed E-state index contributed by atoms with van der Waals surface area (Å²) < 4.78 is 10.3. The molecule has 1 aromatic carbocycles. The fraction of sp³-hybridized carbons (Fsp3) is 0.462. The van der Waals surface area contributed by atoms with Crippen molar-refractivity contribution in [1.82, 2.24) is 5.32 Å². The van der Waals surface area contributed by atoms with Crippen molar-refractivity contribution in [2.75, 3.05) is 32.6 Å². The average Bonchev–Trinajstić information content (AvgIpc) is 2.34. The fourth-order valence-electron chi connectivity index (χ4n) is 1.91. The molecule has 0 unspecified atom stereocenters. The van der Waals surface area contributed by atoms with E-state index in [9.17, 15) is 4.79 Å². The molecular formula is C13H17ClN2O3. The van der Waals surface area contributed by atoms with Gasteiger partial charge in [0, 0.05) is 12.5 Å². The van der Waals surface area contributed by atoms with Crippen LogP contribution in [0.3, 0.4) is 0 Å². The van der Waals surface area contributed by atoms with Crippen LogP contribution in [0.1, 0.15) is 6.42 Å². The Bertz CT molecular complexity index is 475. The second-order valence-corrected chi connectivity index (χ2v) is 4.87. The molecule has 0 aliphatic carbocycles. The number of ether oxygens (including phenoxy) is 2. The first kappa shape index (κ1) is 14.0. The van der Waals surface area contributed by atoms with Gasteiger partial charge >= 0.3 is 0 Å². The van der Waals surface area contributed by atoms with Crippen LogP contribution >= 0.6 is 11.6 Å². The molecule has 1 saturated heterocycles. The highest BCUT2D eigenvalue weighted by Crippen LogP contribution is 2.36. The van der Waals surface area contributed by atoms with Gasteiger partial charge in [-0.3, -0.25) is 4.79 Å². The number of carbonyl (C=O) groups excluding carboxylic acids is 1. The van der Waals surface area contributed by atoms with Crippen LogP contribution in [-0.2, 0) is 4.79 Å². The Labute approximate surface area is 117 Å². The number of hydrogen-bond donors (Lipinski definition) is 2. The molecule has 1 aliphatic rings. The zero-order valence-electron chi connectivity index (χ0n) is 11.0. The third-order valence-electron chi connectivity index (χ3n) is 3.09. The lowest BCUT2D eigenvalue weighted by molar-refractivity contribution is -0.117. The lowest BCUT2D eigenvalue weighted by atomic mass is 9.99. The van der Waals surface area contributed by atoms with Gasteiger partial charge in [-0.2, -0.15) is 0 Å². The maximum absolute atomic E-state index is 11.9. The van der Waals surface area contributed by atoms with Crippen molar-refractivity contribution < 1.29 is 14.3 Å². The van der Waals surface area contributed by atoms with Crippen LogP contribution in [0.2, 0.25) is 5.02 Å². The molecule has 1 aliphatic heterocycles. The molecule has 0 aromatic heterocycles. The van der Waals surface area contributed by atoms with Gasteiger partial charge in [0.15, 0.2) is 0 Å². The van der Waals surface area contributed by atoms with Crippen molar-refractivity contribution in [3.8, 4) is 11.5 Å². The quantitative estimate of drug-likeness (QED) is 0.867. The topological polar surface area (TPSA) is 59.6 Å². The van der Waals surface area contributed by atoms with Crippen molar-refractivity contribution in [3.63, 3.8) is 0 Å². The van der Waals surface area contributed by atoms with Crippen LogP contribution in [0, 0.1) is 5.92 Å². The monoisotopic (exact) mass is 284 g/mol. The Balaban J connectivity index is 2.09. The van der Waals surface area contributed by atoms with Crippen LogP contribution in [0.25, 0.3) is 0 Å². The summed E-state index contributed by atoms with van der Waals surface area (Å²) in [7, 11) is 3.07. The number of halogens is 1. The van der Waals surface area contributed by atoms with Gasteiger partial charge in [0.2, 0.25) is 5.91 Å². The van der Waals surface area contributed by atoms with Gasteiger partial charge in [-0.05, 0) is 25.1 Å². The summed E-state index contributed by atoms with van der Waals surface area (Å²) in [4.78, 5) is 11.9. The zero-order chi connectivity index (χ0) is 13.8. The smallest absolute Gasteiger partial charge is 0.224 e. The number of rotatable bonds is 5. The molecule has 19 heavy (non-hydrogen) atoms. The van der Waals surface area contributed by atoms with Crippen molar-refractivity contribution in [1.29, 1.82) is 0 Å². The highest BCUT2D eigenvalue weighted by molar-refractivity contribution is 6.32. The van der Waals surface area contributed by atoms with Crippen LogP contribution < -0.4 is 20.1 Å². The molecule has 0 atom stereocenters. The summed E-state index contributed by atoms with van der Waals surface area (Å²) in [5.41, 5.74) is 0.561. The third kappa shape index (κ3) is 3.30. The number of benzene rings is 1. The number of methoxy groups -OCH3 is 2. The van der Waals surface area contributed by atoms with E-state index >= 15 is 0 Å². The second-order valence-electron chi connectivity index (χ2n) is 4.46. The first-order chi connectivity index (χ1) is 9.13. The second kappa shape index (κ2) is 6.12. The van der Waals surface area contributed by atoms with Crippen molar-refractivity contribution in [2.24, 2.45) is 5.92 Å². The van der Waals surface area contributed by atoms with Gasteiger partial charge < -0.3 is 20.1 Å². The first-order valence-corrected chi connectivity index (χ1v) is 6.44. The molecule has 104 valence electrons. The number of amides is 1. The highest BCUT2D eigenvalue weighted by Gasteiger charge is 2.21. The summed E-state index contributed by atoms with van der Waals surface area (Å²) in [5.74, 6) is 1.42. The fourth-order valence-corrected chi connectivity index (χ4v) is 2.15. The molecule has 2 N–H and O–H groups in total. The van der Waals surface area contributed by atoms with E-state index in [1.54, 1.807) is 12.1 Å². The van der Waals surface area contributed by atoms with Gasteiger partial charge in [-0.15, -0.1) is 0 Å². The van der Waals surface area contributed by atoms with E-state index in [2.05, 4.69) is 10.6 Å². The molecule has 1 heterocycles. The van der Waals surface area contributed by atoms with Crippen molar-refractivity contribution in [2.45, 2.75) is 6.42 Å². The van der Waals surface area contributed by atoms with Crippen molar-refractivity contribution in [3.05, 3.63) is 17.2 Å². The Morgan fingerprint density at radius 1 is 1.37 bits per heavy atom. The molecule has 1 amide bonds. The van der Waals surface area contributed by atoms with E-state index in [1.807, 2.05) is 0 Å². The summed E-state index contributed by atoms with van der Waals surface area (Å²) in [5, 5.41) is 6.39. The zero-order valence-corrected chi connectivity index (χ0v) is 11.7. The van der Waals surface area contributed by atoms with Gasteiger partial charge in [-0.25, -0.2) is 0 Å². The Morgan fingerprint density at radius 2 is 2.05 bits per heavy atom. The lowest BCUT2D eigenvalue weighted by Crippen LogP contribution is -2.43. The third-order valence-corrected chi connectivity index (χ3v) is 3.38. The molecule has 0 radical (unpaired) electrons. The molecule has 5 nitrogen and oxygen atoms in total. The highest BCUT2D eigenvalue weighted by atomic mass is 35.5. The van der Waals surface area contributed by atoms with Crippen LogP contribution in [0.15, 0.2) is 12.1 Å². The Morgan fingerprint density at radius 3 is 2.58 bits per heavy atom. The number of hydrogen-bond acceptors (Lipinski definition) is 4. The lowest BCUT2D eigenvalue weighted by Gasteiger charge is -2.26. The van der Waals surface area contributed by atoms with Crippen LogP contribution in [0.5, 0.6) is 11.5 Å². The first-order valence-electron chi connectivity index (χ1n) is 6.06. The average molecular weight is 285 g/mol. The molecular weight excluding hydrogens is 268 g/mol. The minimum absolute atomic E-state index is 0.0361. The summed E-state index contributed by atoms with van der Waals surface area (Å²) in [6, 6.07) is 3.29. The van der Waals surface area contributed by atoms with E-state index in [4.69, 9.17) is 21.1 Å². The van der Waals surface area contributed by atoms with Gasteiger partial charge in [0.25, 0.3) is 0 Å². The molecule has 6 heteroatoms. The van der Waals surface area contributed by atoms with Crippen LogP contribution in [0.4, 0.5) is 5.69 Å². The van der Waals surface area contributed by atoms with Gasteiger partial charge in [0.1, 0.15) is 11.5 Å². The summed E-state index contributed by atoms with van der Waals surface area (Å²) >= 11 is 6.04. The van der Waals surface area contributed by atoms with E-state index in [0.717, 1.165) is 13.1 Å². The SMILES string of the molecule is COc1cc(OC)c(NC(=O)CC2CNC2)cc1Cl. The molecule has 0 saturated carbocycles. The predicted octanol–water partition coefficient (Wildman–Crippen LogP) is 1.91. The van der Waals surface area contributed by atoms with E-state index in [1.165, 1.54) is 14.2 Å². The standard InChI is InChI=1S/C13H17ClN2O3/c1-18-11-5-12(19-2)10(4-9(11)14)16-13(17)3-8-6-15-7-8/h4-5,8,15H,3,6-7H2,1-2H3,(H,16,17). The maximum Gasteiger partial charge on any atom is 0.224 e. The minimum Gasteiger partial charge on any atom is -0.495 e. The largest absolute Gasteiger partial charge is 0.495 e. The number of anilines is 1. The maximum atomic E-state index is 11.9. The minimum atomic E-state index is -0.0361. The normalized spacial score (nSPS) is 14.7. The molecule has 2 rings (SSSR count). The molecule has 1 fully saturated rings. The number of nitrogens with one attached hydrogen (secondary N) is 2. The van der Waals surface area contributed by atoms with Crippen molar-refractivity contribution >= 4 is 23.2 Å².